The molecule has 102 valence electrons. The Morgan fingerprint density at radius 3 is 2.89 bits per heavy atom. The Balaban J connectivity index is 2.24. The van der Waals surface area contributed by atoms with Gasteiger partial charge in [-0.05, 0) is 25.8 Å². The molecule has 2 rings (SSSR count). The Morgan fingerprint density at radius 1 is 1.58 bits per heavy atom. The van der Waals surface area contributed by atoms with Gasteiger partial charge in [0.2, 0.25) is 5.91 Å². The van der Waals surface area contributed by atoms with Gasteiger partial charge in [0, 0.05) is 1.37 Å². The quantitative estimate of drug-likeness (QED) is 0.588. The number of fused-ring (bicyclic) bond motifs is 1. The van der Waals surface area contributed by atoms with Crippen molar-refractivity contribution in [1.82, 2.24) is 4.90 Å². The van der Waals surface area contributed by atoms with E-state index in [1.165, 1.54) is 4.90 Å². The first-order valence-electron chi connectivity index (χ1n) is 6.79. The van der Waals surface area contributed by atoms with Crippen molar-refractivity contribution < 1.29 is 21.2 Å². The number of carbonyl (C=O) groups is 2. The van der Waals surface area contributed by atoms with Crippen LogP contribution in [0.15, 0.2) is 35.6 Å². The number of β-lactam (4-membered cyclic amide) rings is 1. The van der Waals surface area contributed by atoms with Gasteiger partial charge in [0.05, 0.1) is 18.1 Å². The Hall–Kier alpha value is -1.88. The number of carbonyl (C=O) groups excluding carboxylic acids is 1. The summed E-state index contributed by atoms with van der Waals surface area (Å²) in [5, 5.41) is 18.8. The number of carboxylic acids is 1. The lowest BCUT2D eigenvalue weighted by atomic mass is 9.83. The second-order valence-corrected chi connectivity index (χ2v) is 4.71. The first-order valence-corrected chi connectivity index (χ1v) is 6.09. The zero-order valence-corrected chi connectivity index (χ0v) is 10.6. The predicted molar refractivity (Wildman–Crippen MR) is 69.0 cm³/mol. The minimum Gasteiger partial charge on any atom is -0.477 e. The number of hydrogen-bond acceptors (Lipinski definition) is 3. The van der Waals surface area contributed by atoms with E-state index in [0.717, 1.165) is 0 Å². The normalized spacial score (nSPS) is 28.8. The Bertz CT molecular complexity index is 521. The number of aliphatic hydroxyl groups excluding tert-OH is 1. The van der Waals surface area contributed by atoms with E-state index in [0.29, 0.717) is 12.0 Å². The van der Waals surface area contributed by atoms with Gasteiger partial charge in [-0.3, -0.25) is 4.79 Å². The summed E-state index contributed by atoms with van der Waals surface area (Å²) in [6, 6.07) is -0.256. The molecule has 0 radical (unpaired) electrons. The third-order valence-electron chi connectivity index (χ3n) is 3.51. The summed E-state index contributed by atoms with van der Waals surface area (Å²) < 4.78 is 6.97. The van der Waals surface area contributed by atoms with Gasteiger partial charge in [-0.25, -0.2) is 4.79 Å². The molecule has 2 N–H and O–H groups in total. The molecule has 0 unspecified atom stereocenters. The predicted octanol–water partition coefficient (Wildman–Crippen LogP) is 1.07. The van der Waals surface area contributed by atoms with E-state index in [1.54, 1.807) is 31.2 Å². The molecule has 2 aliphatic heterocycles. The van der Waals surface area contributed by atoms with Gasteiger partial charge in [0.25, 0.3) is 0 Å². The molecule has 5 nitrogen and oxygen atoms in total. The fourth-order valence-corrected chi connectivity index (χ4v) is 2.70. The molecule has 0 spiro atoms. The van der Waals surface area contributed by atoms with Crippen LogP contribution in [0.25, 0.3) is 0 Å². The standard InChI is InChI=1S/C14H17NO4/c1-3-4-5-6-9-7-10-11(8(2)16)13(17)15(10)12(9)14(18)19/h3-6,8,10-11,16H,7H2,1-2H3,(H,18,19)/b4-3+,6-5+/t8-,10-,11-/m1/s1/i1D. The van der Waals surface area contributed by atoms with Gasteiger partial charge in [-0.15, -0.1) is 0 Å². The van der Waals surface area contributed by atoms with Crippen LogP contribution in [-0.2, 0) is 9.59 Å². The molecule has 0 saturated carbocycles. The van der Waals surface area contributed by atoms with Crippen molar-refractivity contribution in [3.05, 3.63) is 35.6 Å². The fourth-order valence-electron chi connectivity index (χ4n) is 2.70. The minimum absolute atomic E-state index is 0.00687. The van der Waals surface area contributed by atoms with Crippen molar-refractivity contribution in [2.24, 2.45) is 5.92 Å². The molecule has 2 heterocycles. The average Bonchev–Trinajstić information content (AvgIpc) is 2.69. The fraction of sp³-hybridized carbons (Fsp3) is 0.429. The van der Waals surface area contributed by atoms with Gasteiger partial charge < -0.3 is 15.1 Å². The van der Waals surface area contributed by atoms with Gasteiger partial charge >= 0.3 is 5.97 Å². The van der Waals surface area contributed by atoms with E-state index >= 15 is 0 Å². The molecule has 19 heavy (non-hydrogen) atoms. The molecule has 0 aromatic rings. The van der Waals surface area contributed by atoms with Crippen molar-refractivity contribution >= 4 is 11.9 Å². The van der Waals surface area contributed by atoms with Crippen LogP contribution in [-0.4, -0.2) is 39.1 Å². The van der Waals surface area contributed by atoms with Gasteiger partial charge in [-0.2, -0.15) is 0 Å². The highest BCUT2D eigenvalue weighted by Crippen LogP contribution is 2.43. The molecule has 1 amide bonds. The molecule has 1 fully saturated rings. The van der Waals surface area contributed by atoms with Crippen LogP contribution < -0.4 is 0 Å². The maximum atomic E-state index is 11.9. The molecular weight excluding hydrogens is 246 g/mol. The number of aliphatic hydroxyl groups is 1. The van der Waals surface area contributed by atoms with Gasteiger partial charge in [-0.1, -0.05) is 24.3 Å². The lowest BCUT2D eigenvalue weighted by Crippen LogP contribution is -2.61. The highest BCUT2D eigenvalue weighted by molar-refractivity contribution is 6.00. The number of carboxylic acid groups (broad SMARTS) is 1. The van der Waals surface area contributed by atoms with Gasteiger partial charge in [0.15, 0.2) is 0 Å². The maximum absolute atomic E-state index is 11.9. The number of allylic oxidation sites excluding steroid dienone is 4. The van der Waals surface area contributed by atoms with Crippen molar-refractivity contribution in [1.29, 1.82) is 0 Å². The molecule has 0 bridgehead atoms. The molecular formula is C14H17NO4. The molecule has 1 saturated heterocycles. The third kappa shape index (κ3) is 2.10. The third-order valence-corrected chi connectivity index (χ3v) is 3.51. The van der Waals surface area contributed by atoms with Crippen LogP contribution in [0, 0.1) is 5.92 Å². The summed E-state index contributed by atoms with van der Waals surface area (Å²) in [5.41, 5.74) is 0.584. The molecule has 0 aromatic heterocycles. The SMILES string of the molecule is [2H]C/C=C/C=C/C1=C(C(=O)O)N2C(=O)[C@H]([C@@H](C)O)[C@H]2C1. The molecule has 3 atom stereocenters. The second kappa shape index (κ2) is 5.01. The van der Waals surface area contributed by atoms with E-state index < -0.39 is 18.0 Å². The van der Waals surface area contributed by atoms with Crippen LogP contribution in [0.5, 0.6) is 0 Å². The largest absolute Gasteiger partial charge is 0.477 e. The summed E-state index contributed by atoms with van der Waals surface area (Å²) >= 11 is 0. The topological polar surface area (TPSA) is 77.8 Å². The Labute approximate surface area is 112 Å². The highest BCUT2D eigenvalue weighted by Gasteiger charge is 2.56. The van der Waals surface area contributed by atoms with Crippen LogP contribution in [0.2, 0.25) is 0 Å². The van der Waals surface area contributed by atoms with Crippen LogP contribution in [0.3, 0.4) is 0 Å². The second-order valence-electron chi connectivity index (χ2n) is 4.71. The number of rotatable bonds is 4. The number of hydrogen-bond donors (Lipinski definition) is 2. The minimum atomic E-state index is -1.13. The van der Waals surface area contributed by atoms with E-state index in [-0.39, 0.29) is 24.5 Å². The Morgan fingerprint density at radius 2 is 2.32 bits per heavy atom. The van der Waals surface area contributed by atoms with E-state index in [1.807, 2.05) is 0 Å². The highest BCUT2D eigenvalue weighted by atomic mass is 16.4. The van der Waals surface area contributed by atoms with Crippen molar-refractivity contribution in [3.8, 4) is 0 Å². The lowest BCUT2D eigenvalue weighted by molar-refractivity contribution is -0.161. The molecule has 2 aliphatic rings. The molecule has 0 aliphatic carbocycles. The number of nitrogens with zero attached hydrogens (tertiary/aromatic N) is 1. The summed E-state index contributed by atoms with van der Waals surface area (Å²) in [5.74, 6) is -1.97. The monoisotopic (exact) mass is 264 g/mol. The van der Waals surface area contributed by atoms with Crippen LogP contribution in [0.1, 0.15) is 21.6 Å². The number of amides is 1. The average molecular weight is 264 g/mol. The summed E-state index contributed by atoms with van der Waals surface area (Å²) in [7, 11) is 0. The van der Waals surface area contributed by atoms with Gasteiger partial charge in [0.1, 0.15) is 5.70 Å². The summed E-state index contributed by atoms with van der Waals surface area (Å²) in [6.07, 6.45) is 6.29. The lowest BCUT2D eigenvalue weighted by Gasteiger charge is -2.44. The zero-order chi connectivity index (χ0) is 14.9. The first-order chi connectivity index (χ1) is 9.49. The van der Waals surface area contributed by atoms with E-state index in [2.05, 4.69) is 0 Å². The van der Waals surface area contributed by atoms with Crippen LogP contribution >= 0.6 is 0 Å². The van der Waals surface area contributed by atoms with Crippen molar-refractivity contribution in [3.63, 3.8) is 0 Å². The first kappa shape index (κ1) is 12.2. The van der Waals surface area contributed by atoms with Crippen LogP contribution in [0.4, 0.5) is 0 Å². The Kier molecular flexibility index (Phi) is 3.21. The molecule has 0 aromatic carbocycles. The maximum Gasteiger partial charge on any atom is 0.352 e. The smallest absolute Gasteiger partial charge is 0.352 e. The molecule has 5 heteroatoms. The van der Waals surface area contributed by atoms with E-state index in [9.17, 15) is 19.8 Å². The summed E-state index contributed by atoms with van der Waals surface area (Å²) in [4.78, 5) is 24.5. The number of aliphatic carboxylic acids is 1. The van der Waals surface area contributed by atoms with Crippen molar-refractivity contribution in [2.45, 2.75) is 32.4 Å². The van der Waals surface area contributed by atoms with Crippen molar-refractivity contribution in [2.75, 3.05) is 0 Å². The summed E-state index contributed by atoms with van der Waals surface area (Å²) in [6.45, 7) is 1.71. The zero-order valence-electron chi connectivity index (χ0n) is 11.6. The van der Waals surface area contributed by atoms with E-state index in [4.69, 9.17) is 1.37 Å².